The predicted molar refractivity (Wildman–Crippen MR) is 120 cm³/mol. The molecule has 1 aromatic heterocycles. The third-order valence-electron chi connectivity index (χ3n) is 7.16. The molecule has 0 bridgehead atoms. The molecule has 1 saturated heterocycles. The summed E-state index contributed by atoms with van der Waals surface area (Å²) in [6, 6.07) is 10.4. The van der Waals surface area contributed by atoms with Crippen molar-refractivity contribution in [3.05, 3.63) is 51.7 Å². The Bertz CT molecular complexity index is 914. The molecule has 1 spiro atoms. The molecular weight excluding hydrogens is 451 g/mol. The molecule has 8 heteroatoms. The Morgan fingerprint density at radius 2 is 1.70 bits per heavy atom. The molecule has 1 aromatic carbocycles. The van der Waals surface area contributed by atoms with E-state index in [1.54, 1.807) is 0 Å². The standard InChI is InChI=1S/C25H30F3NO3S/c26-25(27,28)32-21-7-5-20(6-8-21)31-19-3-1-18(2-4-19)17-29-13-11-24(12-14-29)22-10-16-33-23(22)9-15-30-24/h1-4,10,16,20-21H,5-9,11-15,17H2. The lowest BCUT2D eigenvalue weighted by molar-refractivity contribution is -0.346. The molecule has 1 aliphatic carbocycles. The smallest absolute Gasteiger partial charge is 0.490 e. The lowest BCUT2D eigenvalue weighted by atomic mass is 9.82. The van der Waals surface area contributed by atoms with Gasteiger partial charge in [0.1, 0.15) is 5.75 Å². The van der Waals surface area contributed by atoms with E-state index in [9.17, 15) is 13.2 Å². The van der Waals surface area contributed by atoms with Crippen LogP contribution in [-0.2, 0) is 28.0 Å². The molecule has 3 heterocycles. The maximum absolute atomic E-state index is 12.4. The number of nitrogens with zero attached hydrogens (tertiary/aromatic N) is 1. The average Bonchev–Trinajstić information content (AvgIpc) is 3.28. The number of hydrogen-bond acceptors (Lipinski definition) is 5. The Labute approximate surface area is 196 Å². The molecule has 33 heavy (non-hydrogen) atoms. The fraction of sp³-hybridized carbons (Fsp3) is 0.600. The number of fused-ring (bicyclic) bond motifs is 2. The van der Waals surface area contributed by atoms with E-state index in [4.69, 9.17) is 9.47 Å². The second-order valence-electron chi connectivity index (χ2n) is 9.35. The molecule has 0 amide bonds. The summed E-state index contributed by atoms with van der Waals surface area (Å²) in [5, 5.41) is 2.19. The first-order valence-corrected chi connectivity index (χ1v) is 12.7. The first kappa shape index (κ1) is 23.1. The Morgan fingerprint density at radius 1 is 1.00 bits per heavy atom. The van der Waals surface area contributed by atoms with E-state index < -0.39 is 12.5 Å². The van der Waals surface area contributed by atoms with Crippen LogP contribution in [0, 0.1) is 0 Å². The van der Waals surface area contributed by atoms with Gasteiger partial charge in [-0.1, -0.05) is 12.1 Å². The van der Waals surface area contributed by atoms with Crippen LogP contribution < -0.4 is 4.74 Å². The third-order valence-corrected chi connectivity index (χ3v) is 8.14. The normalized spacial score (nSPS) is 25.7. The molecule has 0 atom stereocenters. The predicted octanol–water partition coefficient (Wildman–Crippen LogP) is 6.04. The van der Waals surface area contributed by atoms with Gasteiger partial charge in [-0.15, -0.1) is 24.5 Å². The van der Waals surface area contributed by atoms with Crippen LogP contribution in [0.5, 0.6) is 5.75 Å². The summed E-state index contributed by atoms with van der Waals surface area (Å²) in [4.78, 5) is 3.97. The van der Waals surface area contributed by atoms with Crippen molar-refractivity contribution >= 4 is 11.3 Å². The highest BCUT2D eigenvalue weighted by Crippen LogP contribution is 2.43. The number of likely N-dealkylation sites (tertiary alicyclic amines) is 1. The quantitative estimate of drug-likeness (QED) is 0.521. The van der Waals surface area contributed by atoms with Crippen molar-refractivity contribution in [3.63, 3.8) is 0 Å². The van der Waals surface area contributed by atoms with Crippen molar-refractivity contribution in [1.82, 2.24) is 4.90 Å². The SMILES string of the molecule is FC(F)(F)OC1CCC(Oc2ccc(CN3CCC4(CC3)OCCc3sccc34)cc2)CC1. The number of piperidine rings is 1. The van der Waals surface area contributed by atoms with Gasteiger partial charge >= 0.3 is 6.36 Å². The minimum absolute atomic E-state index is 0.0558. The maximum atomic E-state index is 12.4. The van der Waals surface area contributed by atoms with Gasteiger partial charge in [-0.25, -0.2) is 0 Å². The summed E-state index contributed by atoms with van der Waals surface area (Å²) >= 11 is 1.86. The van der Waals surface area contributed by atoms with Crippen LogP contribution in [0.3, 0.4) is 0 Å². The van der Waals surface area contributed by atoms with E-state index in [0.717, 1.165) is 51.3 Å². The van der Waals surface area contributed by atoms with E-state index in [1.807, 2.05) is 23.5 Å². The van der Waals surface area contributed by atoms with Gasteiger partial charge in [0.2, 0.25) is 0 Å². The van der Waals surface area contributed by atoms with Crippen LogP contribution in [0.15, 0.2) is 35.7 Å². The van der Waals surface area contributed by atoms with E-state index in [-0.39, 0.29) is 11.7 Å². The molecule has 5 rings (SSSR count). The summed E-state index contributed by atoms with van der Waals surface area (Å²) in [6.45, 7) is 3.74. The Balaban J connectivity index is 1.09. The Kier molecular flexibility index (Phi) is 6.71. The molecule has 3 aliphatic rings. The number of rotatable bonds is 5. The minimum atomic E-state index is -4.56. The van der Waals surface area contributed by atoms with Gasteiger partial charge in [-0.2, -0.15) is 0 Å². The lowest BCUT2D eigenvalue weighted by Crippen LogP contribution is -2.45. The largest absolute Gasteiger partial charge is 0.522 e. The van der Waals surface area contributed by atoms with Crippen LogP contribution in [0.2, 0.25) is 0 Å². The summed E-state index contributed by atoms with van der Waals surface area (Å²) in [7, 11) is 0. The van der Waals surface area contributed by atoms with Crippen molar-refractivity contribution in [3.8, 4) is 5.75 Å². The molecule has 2 aliphatic heterocycles. The number of alkyl halides is 3. The molecule has 1 saturated carbocycles. The first-order valence-electron chi connectivity index (χ1n) is 11.8. The number of benzene rings is 1. The number of hydrogen-bond donors (Lipinski definition) is 0. The molecule has 180 valence electrons. The van der Waals surface area contributed by atoms with Crippen molar-refractivity contribution in [2.45, 2.75) is 75.7 Å². The summed E-state index contributed by atoms with van der Waals surface area (Å²) in [6.07, 6.45) is -0.379. The van der Waals surface area contributed by atoms with Gasteiger partial charge in [0.25, 0.3) is 0 Å². The van der Waals surface area contributed by atoms with Gasteiger partial charge in [-0.05, 0) is 73.2 Å². The van der Waals surface area contributed by atoms with E-state index in [2.05, 4.69) is 33.2 Å². The fourth-order valence-electron chi connectivity index (χ4n) is 5.42. The van der Waals surface area contributed by atoms with Crippen LogP contribution in [-0.4, -0.2) is 43.2 Å². The van der Waals surface area contributed by atoms with Crippen LogP contribution >= 0.6 is 11.3 Å². The first-order chi connectivity index (χ1) is 15.9. The Morgan fingerprint density at radius 3 is 2.39 bits per heavy atom. The molecule has 4 nitrogen and oxygen atoms in total. The highest BCUT2D eigenvalue weighted by Gasteiger charge is 2.41. The minimum Gasteiger partial charge on any atom is -0.490 e. The summed E-state index contributed by atoms with van der Waals surface area (Å²) < 4.78 is 53.6. The van der Waals surface area contributed by atoms with E-state index >= 15 is 0 Å². The van der Waals surface area contributed by atoms with E-state index in [1.165, 1.54) is 16.0 Å². The molecule has 0 unspecified atom stereocenters. The van der Waals surface area contributed by atoms with Gasteiger partial charge in [0.05, 0.1) is 24.4 Å². The molecule has 0 N–H and O–H groups in total. The van der Waals surface area contributed by atoms with Crippen molar-refractivity contribution < 1.29 is 27.4 Å². The topological polar surface area (TPSA) is 30.9 Å². The third kappa shape index (κ3) is 5.56. The van der Waals surface area contributed by atoms with E-state index in [0.29, 0.717) is 25.7 Å². The summed E-state index contributed by atoms with van der Waals surface area (Å²) in [5.74, 6) is 0.775. The number of thiophene rings is 1. The van der Waals surface area contributed by atoms with Crippen LogP contribution in [0.1, 0.15) is 54.5 Å². The zero-order chi connectivity index (χ0) is 22.9. The number of halogens is 3. The zero-order valence-electron chi connectivity index (χ0n) is 18.6. The highest BCUT2D eigenvalue weighted by atomic mass is 32.1. The van der Waals surface area contributed by atoms with Gasteiger partial charge in [0.15, 0.2) is 0 Å². The second kappa shape index (κ2) is 9.56. The van der Waals surface area contributed by atoms with Gasteiger partial charge < -0.3 is 9.47 Å². The monoisotopic (exact) mass is 481 g/mol. The lowest BCUT2D eigenvalue weighted by Gasteiger charge is -2.44. The van der Waals surface area contributed by atoms with Gasteiger partial charge in [-0.3, -0.25) is 9.64 Å². The Hall–Kier alpha value is -1.61. The van der Waals surface area contributed by atoms with Crippen molar-refractivity contribution in [1.29, 1.82) is 0 Å². The maximum Gasteiger partial charge on any atom is 0.522 e. The second-order valence-corrected chi connectivity index (χ2v) is 10.4. The fourth-order valence-corrected chi connectivity index (χ4v) is 6.37. The van der Waals surface area contributed by atoms with Crippen molar-refractivity contribution in [2.75, 3.05) is 19.7 Å². The zero-order valence-corrected chi connectivity index (χ0v) is 19.4. The number of ether oxygens (including phenoxy) is 3. The molecular formula is C25H30F3NO3S. The highest BCUT2D eigenvalue weighted by molar-refractivity contribution is 7.10. The molecule has 2 fully saturated rings. The average molecular weight is 482 g/mol. The van der Waals surface area contributed by atoms with Crippen molar-refractivity contribution in [2.24, 2.45) is 0 Å². The van der Waals surface area contributed by atoms with Gasteiger partial charge in [0, 0.05) is 30.9 Å². The van der Waals surface area contributed by atoms with Crippen LogP contribution in [0.25, 0.3) is 0 Å². The molecule has 2 aromatic rings. The molecule has 0 radical (unpaired) electrons. The summed E-state index contributed by atoms with van der Waals surface area (Å²) in [5.41, 5.74) is 2.56. The van der Waals surface area contributed by atoms with Crippen LogP contribution in [0.4, 0.5) is 13.2 Å².